The van der Waals surface area contributed by atoms with Crippen LogP contribution in [0.1, 0.15) is 52.4 Å². The van der Waals surface area contributed by atoms with Gasteiger partial charge in [0.1, 0.15) is 6.04 Å². The highest BCUT2D eigenvalue weighted by Crippen LogP contribution is 2.25. The Balaban J connectivity index is 2.39. The van der Waals surface area contributed by atoms with Crippen molar-refractivity contribution in [2.24, 2.45) is 5.92 Å². The molecule has 3 nitrogen and oxygen atoms in total. The summed E-state index contributed by atoms with van der Waals surface area (Å²) in [4.78, 5) is 11.0. The molecule has 0 aromatic heterocycles. The Morgan fingerprint density at radius 2 is 2.27 bits per heavy atom. The number of carboxylic acid groups (broad SMARTS) is 1. The fourth-order valence-electron chi connectivity index (χ4n) is 2.34. The topological polar surface area (TPSA) is 49.3 Å². The van der Waals surface area contributed by atoms with Crippen LogP contribution < -0.4 is 5.32 Å². The van der Waals surface area contributed by atoms with Gasteiger partial charge in [-0.2, -0.15) is 0 Å². The molecule has 0 aromatic rings. The quantitative estimate of drug-likeness (QED) is 0.712. The molecule has 3 atom stereocenters. The number of rotatable bonds is 6. The van der Waals surface area contributed by atoms with Crippen molar-refractivity contribution in [2.75, 3.05) is 0 Å². The zero-order valence-electron chi connectivity index (χ0n) is 9.83. The Morgan fingerprint density at radius 1 is 1.53 bits per heavy atom. The number of carboxylic acids is 1. The Bertz CT molecular complexity index is 206. The fraction of sp³-hybridized carbons (Fsp3) is 0.917. The number of carbonyl (C=O) groups is 1. The smallest absolute Gasteiger partial charge is 0.320 e. The summed E-state index contributed by atoms with van der Waals surface area (Å²) in [6.45, 7) is 4.31. The molecule has 1 rings (SSSR count). The lowest BCUT2D eigenvalue weighted by Gasteiger charge is -2.22. The van der Waals surface area contributed by atoms with Crippen LogP contribution in [0.25, 0.3) is 0 Å². The first-order valence-electron chi connectivity index (χ1n) is 6.14. The fourth-order valence-corrected chi connectivity index (χ4v) is 2.34. The van der Waals surface area contributed by atoms with Crippen LogP contribution >= 0.6 is 0 Å². The SMILES string of the molecule is CCCC[C@H](NC1CCCC1C)C(=O)O. The number of hydrogen-bond donors (Lipinski definition) is 2. The predicted octanol–water partition coefficient (Wildman–Crippen LogP) is 2.41. The van der Waals surface area contributed by atoms with Crippen LogP contribution in [0.4, 0.5) is 0 Å². The van der Waals surface area contributed by atoms with Crippen LogP contribution in [0.5, 0.6) is 0 Å². The lowest BCUT2D eigenvalue weighted by Crippen LogP contribution is -2.44. The second-order valence-electron chi connectivity index (χ2n) is 4.71. The summed E-state index contributed by atoms with van der Waals surface area (Å²) >= 11 is 0. The summed E-state index contributed by atoms with van der Waals surface area (Å²) in [7, 11) is 0. The average Bonchev–Trinajstić information content (AvgIpc) is 2.58. The highest BCUT2D eigenvalue weighted by molar-refractivity contribution is 5.73. The van der Waals surface area contributed by atoms with Crippen LogP contribution in [-0.4, -0.2) is 23.2 Å². The number of unbranched alkanes of at least 4 members (excludes halogenated alkanes) is 1. The van der Waals surface area contributed by atoms with E-state index in [-0.39, 0.29) is 6.04 Å². The van der Waals surface area contributed by atoms with E-state index in [0.717, 1.165) is 25.7 Å². The van der Waals surface area contributed by atoms with Crippen LogP contribution in [0, 0.1) is 5.92 Å². The van der Waals surface area contributed by atoms with Gasteiger partial charge in [-0.25, -0.2) is 0 Å². The summed E-state index contributed by atoms with van der Waals surface area (Å²) in [5.74, 6) is -0.0592. The lowest BCUT2D eigenvalue weighted by molar-refractivity contribution is -0.140. The van der Waals surface area contributed by atoms with Gasteiger partial charge in [0.05, 0.1) is 0 Å². The molecule has 88 valence electrons. The molecular formula is C12H23NO2. The van der Waals surface area contributed by atoms with E-state index in [2.05, 4.69) is 19.2 Å². The van der Waals surface area contributed by atoms with E-state index in [9.17, 15) is 4.79 Å². The molecule has 1 fully saturated rings. The second-order valence-corrected chi connectivity index (χ2v) is 4.71. The third kappa shape index (κ3) is 3.82. The van der Waals surface area contributed by atoms with Crippen molar-refractivity contribution < 1.29 is 9.90 Å². The van der Waals surface area contributed by atoms with Crippen molar-refractivity contribution >= 4 is 5.97 Å². The van der Waals surface area contributed by atoms with Gasteiger partial charge in [-0.05, 0) is 25.2 Å². The molecule has 2 N–H and O–H groups in total. The zero-order chi connectivity index (χ0) is 11.3. The molecule has 0 saturated heterocycles. The Labute approximate surface area is 92.3 Å². The highest BCUT2D eigenvalue weighted by atomic mass is 16.4. The molecular weight excluding hydrogens is 190 g/mol. The first-order chi connectivity index (χ1) is 7.15. The van der Waals surface area contributed by atoms with Crippen molar-refractivity contribution in [3.05, 3.63) is 0 Å². The molecule has 0 radical (unpaired) electrons. The minimum absolute atomic E-state index is 0.338. The maximum Gasteiger partial charge on any atom is 0.320 e. The standard InChI is InChI=1S/C12H23NO2/c1-3-4-7-11(12(14)15)13-10-8-5-6-9(10)2/h9-11,13H,3-8H2,1-2H3,(H,14,15)/t9?,10?,11-/m0/s1. The van der Waals surface area contributed by atoms with Gasteiger partial charge < -0.3 is 10.4 Å². The van der Waals surface area contributed by atoms with Crippen LogP contribution in [0.3, 0.4) is 0 Å². The molecule has 1 aliphatic carbocycles. The first kappa shape index (κ1) is 12.5. The van der Waals surface area contributed by atoms with E-state index < -0.39 is 5.97 Å². The van der Waals surface area contributed by atoms with Crippen LogP contribution in [0.2, 0.25) is 0 Å². The Kier molecular flexibility index (Phi) is 5.09. The molecule has 3 heteroatoms. The predicted molar refractivity (Wildman–Crippen MR) is 60.9 cm³/mol. The minimum Gasteiger partial charge on any atom is -0.480 e. The maximum atomic E-state index is 11.0. The van der Waals surface area contributed by atoms with Gasteiger partial charge in [0.15, 0.2) is 0 Å². The summed E-state index contributed by atoms with van der Waals surface area (Å²) in [5, 5.41) is 12.4. The number of nitrogens with one attached hydrogen (secondary N) is 1. The van der Waals surface area contributed by atoms with Crippen molar-refractivity contribution in [1.82, 2.24) is 5.32 Å². The van der Waals surface area contributed by atoms with Crippen molar-refractivity contribution in [3.63, 3.8) is 0 Å². The third-order valence-electron chi connectivity index (χ3n) is 3.42. The highest BCUT2D eigenvalue weighted by Gasteiger charge is 2.27. The molecule has 0 bridgehead atoms. The van der Waals surface area contributed by atoms with E-state index in [1.165, 1.54) is 12.8 Å². The summed E-state index contributed by atoms with van der Waals surface area (Å²) in [6, 6.07) is 0.0819. The molecule has 1 saturated carbocycles. The molecule has 15 heavy (non-hydrogen) atoms. The van der Waals surface area contributed by atoms with Gasteiger partial charge in [-0.1, -0.05) is 33.1 Å². The molecule has 0 spiro atoms. The Morgan fingerprint density at radius 3 is 2.73 bits per heavy atom. The number of hydrogen-bond acceptors (Lipinski definition) is 2. The van der Waals surface area contributed by atoms with Gasteiger partial charge in [0, 0.05) is 6.04 Å². The van der Waals surface area contributed by atoms with E-state index >= 15 is 0 Å². The Hall–Kier alpha value is -0.570. The van der Waals surface area contributed by atoms with Gasteiger partial charge in [0.2, 0.25) is 0 Å². The van der Waals surface area contributed by atoms with Gasteiger partial charge in [0.25, 0.3) is 0 Å². The summed E-state index contributed by atoms with van der Waals surface area (Å²) in [5.41, 5.74) is 0. The summed E-state index contributed by atoms with van der Waals surface area (Å²) in [6.07, 6.45) is 6.42. The normalized spacial score (nSPS) is 27.9. The van der Waals surface area contributed by atoms with E-state index in [1.54, 1.807) is 0 Å². The monoisotopic (exact) mass is 213 g/mol. The first-order valence-corrected chi connectivity index (χ1v) is 6.14. The van der Waals surface area contributed by atoms with Gasteiger partial charge >= 0.3 is 5.97 Å². The van der Waals surface area contributed by atoms with Gasteiger partial charge in [-0.15, -0.1) is 0 Å². The van der Waals surface area contributed by atoms with Crippen LogP contribution in [0.15, 0.2) is 0 Å². The molecule has 0 aliphatic heterocycles. The maximum absolute atomic E-state index is 11.0. The van der Waals surface area contributed by atoms with E-state index in [0.29, 0.717) is 12.0 Å². The lowest BCUT2D eigenvalue weighted by atomic mass is 10.0. The van der Waals surface area contributed by atoms with Crippen molar-refractivity contribution in [1.29, 1.82) is 0 Å². The molecule has 0 aromatic carbocycles. The van der Waals surface area contributed by atoms with Crippen LogP contribution in [-0.2, 0) is 4.79 Å². The van der Waals surface area contributed by atoms with Crippen molar-refractivity contribution in [3.8, 4) is 0 Å². The summed E-state index contributed by atoms with van der Waals surface area (Å²) < 4.78 is 0. The average molecular weight is 213 g/mol. The van der Waals surface area contributed by atoms with E-state index in [4.69, 9.17) is 5.11 Å². The van der Waals surface area contributed by atoms with E-state index in [1.807, 2.05) is 0 Å². The molecule has 0 heterocycles. The largest absolute Gasteiger partial charge is 0.480 e. The third-order valence-corrected chi connectivity index (χ3v) is 3.42. The molecule has 0 amide bonds. The van der Waals surface area contributed by atoms with Gasteiger partial charge in [-0.3, -0.25) is 4.79 Å². The molecule has 1 aliphatic rings. The number of aliphatic carboxylic acids is 1. The second kappa shape index (κ2) is 6.11. The minimum atomic E-state index is -0.692. The zero-order valence-corrected chi connectivity index (χ0v) is 9.83. The molecule has 2 unspecified atom stereocenters. The van der Waals surface area contributed by atoms with Crippen molar-refractivity contribution in [2.45, 2.75) is 64.5 Å².